The number of hydrogen-bond donors (Lipinski definition) is 4. The molecule has 44 heavy (non-hydrogen) atoms. The summed E-state index contributed by atoms with van der Waals surface area (Å²) in [5.74, 6) is -1.69. The largest absolute Gasteiger partial charge is 0.492 e. The molecule has 0 aliphatic rings. The molecule has 0 bridgehead atoms. The van der Waals surface area contributed by atoms with Crippen molar-refractivity contribution in [3.8, 4) is 11.6 Å². The van der Waals surface area contributed by atoms with Crippen LogP contribution in [0.1, 0.15) is 16.1 Å². The van der Waals surface area contributed by atoms with Gasteiger partial charge in [0.2, 0.25) is 5.88 Å². The monoisotopic (exact) mass is 665 g/mol. The minimum Gasteiger partial charge on any atom is -0.492 e. The van der Waals surface area contributed by atoms with E-state index in [0.29, 0.717) is 17.1 Å². The summed E-state index contributed by atoms with van der Waals surface area (Å²) in [6.07, 6.45) is 0. The average molecular weight is 666 g/mol. The van der Waals surface area contributed by atoms with Gasteiger partial charge in [-0.05, 0) is 73.7 Å². The van der Waals surface area contributed by atoms with Gasteiger partial charge in [-0.2, -0.15) is 31.7 Å². The zero-order valence-electron chi connectivity index (χ0n) is 22.5. The van der Waals surface area contributed by atoms with Crippen LogP contribution in [0, 0.1) is 6.92 Å². The van der Waals surface area contributed by atoms with Crippen LogP contribution < -0.4 is 5.32 Å². The molecule has 0 saturated carbocycles. The third-order valence-corrected chi connectivity index (χ3v) is 8.82. The fourth-order valence-electron chi connectivity index (χ4n) is 3.69. The van der Waals surface area contributed by atoms with E-state index in [-0.39, 0.29) is 32.6 Å². The number of nitrogens with zero attached hydrogens (tertiary/aromatic N) is 4. The van der Waals surface area contributed by atoms with Crippen LogP contribution in [0.15, 0.2) is 92.8 Å². The van der Waals surface area contributed by atoms with E-state index in [1.807, 2.05) is 0 Å². The quantitative estimate of drug-likeness (QED) is 0.133. The number of aryl methyl sites for hydroxylation is 1. The van der Waals surface area contributed by atoms with E-state index in [1.165, 1.54) is 60.7 Å². The average Bonchev–Trinajstić information content (AvgIpc) is 3.23. The Morgan fingerprint density at radius 3 is 2.18 bits per heavy atom. The molecule has 232 valence electrons. The summed E-state index contributed by atoms with van der Waals surface area (Å²) in [7, 11) is -13.2. The zero-order valence-corrected chi connectivity index (χ0v) is 24.9. The van der Waals surface area contributed by atoms with E-state index in [9.17, 15) is 35.2 Å². The Morgan fingerprint density at radius 2 is 1.57 bits per heavy atom. The molecule has 0 fully saturated rings. The van der Waals surface area contributed by atoms with E-state index in [4.69, 9.17) is 9.11 Å². The number of amides is 1. The summed E-state index contributed by atoms with van der Waals surface area (Å²) >= 11 is 0. The van der Waals surface area contributed by atoms with Crippen LogP contribution in [-0.2, 0) is 34.5 Å². The second-order valence-electron chi connectivity index (χ2n) is 8.94. The highest BCUT2D eigenvalue weighted by Gasteiger charge is 2.19. The van der Waals surface area contributed by atoms with Crippen LogP contribution in [0.5, 0.6) is 5.88 Å². The summed E-state index contributed by atoms with van der Waals surface area (Å²) in [5, 5.41) is 25.4. The van der Waals surface area contributed by atoms with Crippen molar-refractivity contribution in [1.29, 1.82) is 0 Å². The van der Waals surface area contributed by atoms with Crippen LogP contribution in [0.2, 0.25) is 0 Å². The number of carbonyl (C=O) groups is 1. The van der Waals surface area contributed by atoms with Gasteiger partial charge in [-0.1, -0.05) is 6.07 Å². The maximum atomic E-state index is 12.7. The molecule has 0 unspecified atom stereocenters. The van der Waals surface area contributed by atoms with Crippen molar-refractivity contribution in [1.82, 2.24) is 9.78 Å². The van der Waals surface area contributed by atoms with Crippen molar-refractivity contribution in [3.63, 3.8) is 0 Å². The van der Waals surface area contributed by atoms with Crippen molar-refractivity contribution in [2.24, 2.45) is 10.2 Å². The van der Waals surface area contributed by atoms with E-state index in [1.54, 1.807) is 6.92 Å². The Labute approximate surface area is 251 Å². The predicted octanol–water partition coefficient (Wildman–Crippen LogP) is 3.39. The number of rotatable bonds is 11. The molecule has 0 atom stereocenters. The number of azo groups is 1. The third kappa shape index (κ3) is 8.09. The molecule has 0 spiro atoms. The molecule has 19 heteroatoms. The third-order valence-electron chi connectivity index (χ3n) is 5.81. The summed E-state index contributed by atoms with van der Waals surface area (Å²) in [4.78, 5) is 12.2. The van der Waals surface area contributed by atoms with Gasteiger partial charge >= 0.3 is 10.4 Å². The van der Waals surface area contributed by atoms with Gasteiger partial charge in [0.05, 0.1) is 39.2 Å². The molecular formula is C25H23N5O11S3. The second kappa shape index (κ2) is 12.6. The van der Waals surface area contributed by atoms with Gasteiger partial charge in [-0.15, -0.1) is 5.11 Å². The fraction of sp³-hybridized carbons (Fsp3) is 0.120. The number of nitrogens with one attached hydrogen (secondary N) is 1. The first-order chi connectivity index (χ1) is 20.5. The molecule has 0 saturated heterocycles. The van der Waals surface area contributed by atoms with Crippen molar-refractivity contribution >= 4 is 53.3 Å². The van der Waals surface area contributed by atoms with Gasteiger partial charge in [0.1, 0.15) is 0 Å². The summed E-state index contributed by atoms with van der Waals surface area (Å²) in [6.45, 7) is 0.772. The summed E-state index contributed by atoms with van der Waals surface area (Å²) in [6, 6.07) is 16.0. The molecule has 4 N–H and O–H groups in total. The van der Waals surface area contributed by atoms with E-state index >= 15 is 0 Å². The molecule has 4 rings (SSSR count). The van der Waals surface area contributed by atoms with E-state index in [2.05, 4.69) is 24.8 Å². The van der Waals surface area contributed by atoms with Gasteiger partial charge in [0.15, 0.2) is 15.5 Å². The number of hydrogen-bond acceptors (Lipinski definition) is 12. The number of sulfone groups is 1. The highest BCUT2D eigenvalue weighted by Crippen LogP contribution is 2.34. The van der Waals surface area contributed by atoms with Crippen LogP contribution in [0.3, 0.4) is 0 Å². The summed E-state index contributed by atoms with van der Waals surface area (Å²) in [5.41, 5.74) is 1.28. The topological polar surface area (TPSA) is 244 Å². The van der Waals surface area contributed by atoms with Crippen LogP contribution in [0.25, 0.3) is 5.69 Å². The number of anilines is 1. The number of carbonyl (C=O) groups excluding carboxylic acids is 1. The minimum atomic E-state index is -4.79. The van der Waals surface area contributed by atoms with Crippen molar-refractivity contribution < 1.29 is 48.4 Å². The Hall–Kier alpha value is -4.53. The van der Waals surface area contributed by atoms with Crippen molar-refractivity contribution in [3.05, 3.63) is 84.1 Å². The highest BCUT2D eigenvalue weighted by atomic mass is 32.3. The Balaban J connectivity index is 1.43. The van der Waals surface area contributed by atoms with Crippen LogP contribution in [0.4, 0.5) is 17.1 Å². The highest BCUT2D eigenvalue weighted by molar-refractivity contribution is 7.91. The lowest BCUT2D eigenvalue weighted by Crippen LogP contribution is -2.16. The zero-order chi connectivity index (χ0) is 32.3. The SMILES string of the molecule is Cc1nn(-c2ccc(S(=O)(=O)O)cc2)c(O)c1/N=N/c1ccc(C(=O)Nc2cccc(S(=O)(=O)CCOS(=O)(=O)O)c2)cc1. The molecular weight excluding hydrogens is 643 g/mol. The Kier molecular flexibility index (Phi) is 9.27. The smallest absolute Gasteiger partial charge is 0.397 e. The summed E-state index contributed by atoms with van der Waals surface area (Å²) < 4.78 is 91.6. The van der Waals surface area contributed by atoms with E-state index in [0.717, 1.165) is 16.8 Å². The Morgan fingerprint density at radius 1 is 0.909 bits per heavy atom. The minimum absolute atomic E-state index is 0.0325. The van der Waals surface area contributed by atoms with Crippen LogP contribution >= 0.6 is 0 Å². The van der Waals surface area contributed by atoms with Gasteiger partial charge < -0.3 is 10.4 Å². The lowest BCUT2D eigenvalue weighted by atomic mass is 10.2. The number of benzene rings is 3. The lowest BCUT2D eigenvalue weighted by molar-refractivity contribution is 0.102. The first-order valence-electron chi connectivity index (χ1n) is 12.2. The molecule has 1 amide bonds. The van der Waals surface area contributed by atoms with Crippen molar-refractivity contribution in [2.45, 2.75) is 16.7 Å². The first-order valence-corrected chi connectivity index (χ1v) is 16.6. The molecule has 4 aromatic rings. The van der Waals surface area contributed by atoms with E-state index < -0.39 is 48.6 Å². The standard InChI is InChI=1S/C25H23N5O11S3/c1-16-23(25(32)30(29-16)20-9-11-21(12-10-20)43(35,36)37)28-27-18-7-5-17(6-8-18)24(31)26-19-3-2-4-22(15-19)42(33,34)14-13-41-44(38,39)40/h2-12,15,32H,13-14H2,1H3,(H,26,31)(H,35,36,37)(H,38,39,40)/b28-27+. The number of aromatic nitrogens is 2. The first kappa shape index (κ1) is 32.4. The van der Waals surface area contributed by atoms with Crippen molar-refractivity contribution in [2.75, 3.05) is 17.7 Å². The molecule has 1 aromatic heterocycles. The molecule has 3 aromatic carbocycles. The van der Waals surface area contributed by atoms with Gasteiger partial charge in [0.25, 0.3) is 16.0 Å². The molecule has 0 aliphatic carbocycles. The lowest BCUT2D eigenvalue weighted by Gasteiger charge is -2.09. The molecule has 0 aliphatic heterocycles. The normalized spacial score (nSPS) is 12.4. The molecule has 1 heterocycles. The van der Waals surface area contributed by atoms with Gasteiger partial charge in [0, 0.05) is 11.3 Å². The second-order valence-corrected chi connectivity index (χ2v) is 13.6. The predicted molar refractivity (Wildman–Crippen MR) is 154 cm³/mol. The van der Waals surface area contributed by atoms with Gasteiger partial charge in [-0.3, -0.25) is 13.9 Å². The number of aromatic hydroxyl groups is 1. The van der Waals surface area contributed by atoms with Gasteiger partial charge in [-0.25, -0.2) is 12.6 Å². The fourth-order valence-corrected chi connectivity index (χ4v) is 5.70. The molecule has 16 nitrogen and oxygen atoms in total. The maximum absolute atomic E-state index is 12.7. The van der Waals surface area contributed by atoms with Crippen LogP contribution in [-0.4, -0.2) is 67.5 Å². The Bertz CT molecular complexity index is 2060. The molecule has 0 radical (unpaired) electrons. The maximum Gasteiger partial charge on any atom is 0.397 e.